The Hall–Kier alpha value is -1.90. The van der Waals surface area contributed by atoms with Gasteiger partial charge in [0.2, 0.25) is 0 Å². The average Bonchev–Trinajstić information content (AvgIpc) is 2.52. The van der Waals surface area contributed by atoms with Crippen LogP contribution in [0.1, 0.15) is 0 Å². The second-order valence-electron chi connectivity index (χ2n) is 5.40. The van der Waals surface area contributed by atoms with Crippen molar-refractivity contribution in [2.45, 2.75) is 53.6 Å². The van der Waals surface area contributed by atoms with Crippen LogP contribution < -0.4 is 6.15 Å². The number of carboxylic acid groups (broad SMARTS) is 1. The highest BCUT2D eigenvalue weighted by Gasteiger charge is 2.97. The quantitative estimate of drug-likeness (QED) is 0.372. The van der Waals surface area contributed by atoms with Gasteiger partial charge in [0.1, 0.15) is 0 Å². The van der Waals surface area contributed by atoms with E-state index in [4.69, 9.17) is 5.11 Å². The van der Waals surface area contributed by atoms with Crippen molar-refractivity contribution in [3.05, 3.63) is 0 Å². The van der Waals surface area contributed by atoms with Crippen LogP contribution in [0.25, 0.3) is 0 Å². The minimum Gasteiger partial charge on any atom is -0.477 e. The Bertz CT molecular complexity index is 707. The molecule has 0 bridgehead atoms. The molecule has 0 aromatic carbocycles. The smallest absolute Gasteiger partial charge is 0.460 e. The lowest BCUT2D eigenvalue weighted by molar-refractivity contribution is -0.467. The van der Waals surface area contributed by atoms with E-state index in [1.165, 1.54) is 0 Å². The molecule has 0 atom stereocenters. The summed E-state index contributed by atoms with van der Waals surface area (Å²) < 4.78 is 242. The molecule has 194 valence electrons. The summed E-state index contributed by atoms with van der Waals surface area (Å²) >= 11 is 0. The number of aliphatic carboxylic acids is 1. The highest BCUT2D eigenvalue weighted by Crippen LogP contribution is 2.65. The van der Waals surface area contributed by atoms with Crippen LogP contribution in [-0.4, -0.2) is 64.6 Å². The van der Waals surface area contributed by atoms with E-state index in [2.05, 4.69) is 0 Å². The highest BCUT2D eigenvalue weighted by atomic mass is 19.4. The van der Waals surface area contributed by atoms with E-state index in [9.17, 15) is 88.2 Å². The zero-order valence-corrected chi connectivity index (χ0v) is 14.0. The SMILES string of the molecule is O=C(O)C(F)(F)C(F)(F)C(F)(F)C(F)(F)C(F)(F)C(F)(F)C(F)(F)C(F)(F)C(F)(F)F.[NH4+]. The van der Waals surface area contributed by atoms with Gasteiger partial charge in [0.25, 0.3) is 0 Å². The maximum absolute atomic E-state index is 13.1. The Balaban J connectivity index is 0. The molecule has 0 aliphatic heterocycles. The third kappa shape index (κ3) is 3.56. The summed E-state index contributed by atoms with van der Waals surface area (Å²) in [5.74, 6) is -73.3. The summed E-state index contributed by atoms with van der Waals surface area (Å²) in [6, 6.07) is 0. The normalized spacial score (nSPS) is 16.0. The van der Waals surface area contributed by atoms with Gasteiger partial charge in [-0.3, -0.25) is 0 Å². The monoisotopic (exact) mass is 532 g/mol. The van der Waals surface area contributed by atoms with Gasteiger partial charge in [-0.25, -0.2) is 4.79 Å². The molecule has 0 aliphatic rings. The molecule has 0 unspecified atom stereocenters. The van der Waals surface area contributed by atoms with Crippen LogP contribution in [-0.2, 0) is 4.79 Å². The van der Waals surface area contributed by atoms with Crippen molar-refractivity contribution in [1.29, 1.82) is 0 Å². The van der Waals surface area contributed by atoms with E-state index < -0.39 is 59.5 Å². The molecule has 0 aromatic heterocycles. The highest BCUT2D eigenvalue weighted by molar-refractivity contribution is 5.77. The van der Waals surface area contributed by atoms with Crippen LogP contribution >= 0.6 is 0 Å². The van der Waals surface area contributed by atoms with Crippen molar-refractivity contribution < 1.29 is 93.3 Å². The lowest BCUT2D eigenvalue weighted by Crippen LogP contribution is -2.76. The minimum absolute atomic E-state index is 0. The van der Waals surface area contributed by atoms with Crippen molar-refractivity contribution in [1.82, 2.24) is 6.15 Å². The van der Waals surface area contributed by atoms with E-state index in [0.717, 1.165) is 0 Å². The van der Waals surface area contributed by atoms with E-state index in [1.807, 2.05) is 0 Å². The second kappa shape index (κ2) is 7.57. The van der Waals surface area contributed by atoms with Gasteiger partial charge in [0.15, 0.2) is 0 Å². The maximum atomic E-state index is 13.1. The van der Waals surface area contributed by atoms with Gasteiger partial charge < -0.3 is 11.3 Å². The van der Waals surface area contributed by atoms with Crippen LogP contribution in [0.2, 0.25) is 0 Å². The van der Waals surface area contributed by atoms with Gasteiger partial charge in [-0.15, -0.1) is 0 Å². The van der Waals surface area contributed by atoms with Crippen LogP contribution in [0.3, 0.4) is 0 Å². The molecule has 0 amide bonds. The summed E-state index contributed by atoms with van der Waals surface area (Å²) in [6.07, 6.45) is -7.95. The van der Waals surface area contributed by atoms with Crippen molar-refractivity contribution in [2.75, 3.05) is 0 Å². The van der Waals surface area contributed by atoms with Crippen LogP contribution in [0.4, 0.5) is 83.4 Å². The van der Waals surface area contributed by atoms with Gasteiger partial charge in [0.05, 0.1) is 0 Å². The van der Waals surface area contributed by atoms with Crippen LogP contribution in [0, 0.1) is 0 Å². The van der Waals surface area contributed by atoms with Gasteiger partial charge in [-0.1, -0.05) is 0 Å². The average molecular weight is 532 g/mol. The van der Waals surface area contributed by atoms with Gasteiger partial charge in [-0.2, -0.15) is 83.4 Å². The number of hydrogen-bond acceptors (Lipinski definition) is 1. The zero-order valence-electron chi connectivity index (χ0n) is 14.0. The topological polar surface area (TPSA) is 73.8 Å². The number of carbonyl (C=O) groups is 1. The minimum atomic E-state index is -9.06. The van der Waals surface area contributed by atoms with Crippen LogP contribution in [0.5, 0.6) is 0 Å². The summed E-state index contributed by atoms with van der Waals surface area (Å²) in [5, 5.41) is 7.61. The van der Waals surface area contributed by atoms with Crippen molar-refractivity contribution in [2.24, 2.45) is 0 Å². The molecular formula is C10H5F19NO2+. The molecular weight excluding hydrogens is 527 g/mol. The fraction of sp³-hybridized carbons (Fsp3) is 0.900. The van der Waals surface area contributed by atoms with E-state index in [0.29, 0.717) is 0 Å². The number of rotatable bonds is 8. The lowest BCUT2D eigenvalue weighted by atomic mass is 9.87. The molecule has 3 nitrogen and oxygen atoms in total. The molecule has 0 saturated carbocycles. The van der Waals surface area contributed by atoms with Crippen molar-refractivity contribution >= 4 is 5.97 Å². The first-order valence-electron chi connectivity index (χ1n) is 6.27. The maximum Gasteiger partial charge on any atom is 0.460 e. The Morgan fingerprint density at radius 1 is 0.406 bits per heavy atom. The number of alkyl halides is 19. The Labute approximate surface area is 160 Å². The molecule has 32 heavy (non-hydrogen) atoms. The van der Waals surface area contributed by atoms with Gasteiger partial charge in [-0.05, 0) is 0 Å². The van der Waals surface area contributed by atoms with Gasteiger partial charge in [0, 0.05) is 0 Å². The summed E-state index contributed by atoms with van der Waals surface area (Å²) in [4.78, 5) is 9.80. The molecule has 0 fully saturated rings. The molecule has 0 rings (SSSR count). The molecule has 0 saturated heterocycles. The third-order valence-corrected chi connectivity index (χ3v) is 3.38. The fourth-order valence-corrected chi connectivity index (χ4v) is 1.50. The lowest BCUT2D eigenvalue weighted by Gasteiger charge is -2.43. The van der Waals surface area contributed by atoms with Gasteiger partial charge >= 0.3 is 59.5 Å². The number of carboxylic acids is 1. The fourth-order valence-electron chi connectivity index (χ4n) is 1.50. The Morgan fingerprint density at radius 3 is 0.781 bits per heavy atom. The number of quaternary nitrogens is 1. The summed E-state index contributed by atoms with van der Waals surface area (Å²) in [6.45, 7) is 0. The first kappa shape index (κ1) is 32.3. The first-order valence-corrected chi connectivity index (χ1v) is 6.27. The second-order valence-corrected chi connectivity index (χ2v) is 5.40. The summed E-state index contributed by atoms with van der Waals surface area (Å²) in [5.41, 5.74) is 0. The predicted molar refractivity (Wildman–Crippen MR) is 59.3 cm³/mol. The van der Waals surface area contributed by atoms with E-state index >= 15 is 0 Å². The van der Waals surface area contributed by atoms with Crippen molar-refractivity contribution in [3.8, 4) is 0 Å². The standard InChI is InChI=1S/C10HF19O2.H3N/c11-2(12,1(30)31)3(13,14)4(15,16)5(17,18)6(19,20)7(21,22)8(23,24)9(25,26)10(27,28)29;/h(H,30,31);1H3/p+1. The van der Waals surface area contributed by atoms with E-state index in [1.54, 1.807) is 0 Å². The molecule has 0 radical (unpaired) electrons. The van der Waals surface area contributed by atoms with Crippen molar-refractivity contribution in [3.63, 3.8) is 0 Å². The zero-order chi connectivity index (χ0) is 26.1. The largest absolute Gasteiger partial charge is 0.477 e. The number of hydrogen-bond donors (Lipinski definition) is 2. The Kier molecular flexibility index (Phi) is 7.63. The third-order valence-electron chi connectivity index (χ3n) is 3.38. The van der Waals surface area contributed by atoms with E-state index in [-0.39, 0.29) is 6.15 Å². The molecule has 0 aromatic rings. The molecule has 0 aliphatic carbocycles. The first-order chi connectivity index (χ1) is 12.9. The molecule has 5 N–H and O–H groups in total. The predicted octanol–water partition coefficient (Wildman–Crippen LogP) is 6.09. The molecule has 0 spiro atoms. The number of halogens is 19. The summed E-state index contributed by atoms with van der Waals surface area (Å²) in [7, 11) is 0. The Morgan fingerprint density at radius 2 is 0.594 bits per heavy atom. The molecule has 0 heterocycles. The van der Waals surface area contributed by atoms with Crippen LogP contribution in [0.15, 0.2) is 0 Å². The molecule has 22 heteroatoms.